The lowest BCUT2D eigenvalue weighted by Gasteiger charge is -2.19. The highest BCUT2D eigenvalue weighted by atomic mass is 16.3. The molecule has 0 atom stereocenters. The highest BCUT2D eigenvalue weighted by Gasteiger charge is 2.19. The lowest BCUT2D eigenvalue weighted by molar-refractivity contribution is 0.669. The molecule has 9 aromatic rings. The number of fused-ring (bicyclic) bond motifs is 6. The molecule has 9 rings (SSSR count). The van der Waals surface area contributed by atoms with Gasteiger partial charge in [-0.15, -0.1) is 0 Å². The van der Waals surface area contributed by atoms with E-state index in [-0.39, 0.29) is 24.2 Å². The van der Waals surface area contributed by atoms with E-state index < -0.39 is 0 Å². The molecular weight excluding hydrogens is 520 g/mol. The SMILES string of the molecule is [2H]c1c([2H])c([2H])c(-c2c3ccccc3c(-c3ccc4c(c3)oc3cc5ccccc5cc34)c3ccccc23)c(-c2ccccc2)c1[2H]. The third kappa shape index (κ3) is 3.72. The van der Waals surface area contributed by atoms with Crippen LogP contribution in [-0.2, 0) is 0 Å². The van der Waals surface area contributed by atoms with E-state index in [1.165, 1.54) is 5.39 Å². The molecule has 0 spiro atoms. The molecule has 0 bridgehead atoms. The van der Waals surface area contributed by atoms with Crippen LogP contribution in [0, 0.1) is 0 Å². The molecule has 8 aromatic carbocycles. The Morgan fingerprint density at radius 2 is 0.953 bits per heavy atom. The highest BCUT2D eigenvalue weighted by molar-refractivity contribution is 6.23. The van der Waals surface area contributed by atoms with Crippen molar-refractivity contribution >= 4 is 54.3 Å². The van der Waals surface area contributed by atoms with Gasteiger partial charge in [-0.05, 0) is 90.0 Å². The second kappa shape index (κ2) is 9.44. The van der Waals surface area contributed by atoms with Crippen molar-refractivity contribution in [2.45, 2.75) is 0 Å². The van der Waals surface area contributed by atoms with E-state index in [0.717, 1.165) is 71.1 Å². The Labute approximate surface area is 254 Å². The summed E-state index contributed by atoms with van der Waals surface area (Å²) in [6.07, 6.45) is 0. The molecule has 0 amide bonds. The number of hydrogen-bond acceptors (Lipinski definition) is 1. The fraction of sp³-hybridized carbons (Fsp3) is 0. The molecule has 0 radical (unpaired) electrons. The van der Waals surface area contributed by atoms with Crippen LogP contribution < -0.4 is 0 Å². The van der Waals surface area contributed by atoms with Gasteiger partial charge in [0.15, 0.2) is 0 Å². The van der Waals surface area contributed by atoms with Crippen molar-refractivity contribution in [3.8, 4) is 33.4 Å². The molecule has 0 N–H and O–H groups in total. The molecule has 1 aromatic heterocycles. The first kappa shape index (κ1) is 20.3. The fourth-order valence-corrected chi connectivity index (χ4v) is 6.65. The van der Waals surface area contributed by atoms with Gasteiger partial charge >= 0.3 is 0 Å². The maximum Gasteiger partial charge on any atom is 0.136 e. The van der Waals surface area contributed by atoms with Crippen LogP contribution in [0.25, 0.3) is 87.6 Å². The minimum atomic E-state index is -0.245. The molecule has 0 aliphatic rings. The van der Waals surface area contributed by atoms with E-state index in [9.17, 15) is 1.37 Å². The molecule has 0 aliphatic carbocycles. The van der Waals surface area contributed by atoms with E-state index in [1.54, 1.807) is 0 Å². The fourth-order valence-electron chi connectivity index (χ4n) is 6.65. The standard InChI is InChI=1S/C42H26O/c1-2-12-27(13-3-1)31-16-6-7-17-33(31)42-36-20-10-8-18-34(36)41(35-19-9-11-21-37(35)42)30-22-23-32-38-24-28-14-4-5-15-29(28)25-40(38)43-39(32)26-30/h1-26H/i6D,7D,16D,17D. The van der Waals surface area contributed by atoms with Crippen molar-refractivity contribution in [2.24, 2.45) is 0 Å². The van der Waals surface area contributed by atoms with Gasteiger partial charge in [0.2, 0.25) is 0 Å². The van der Waals surface area contributed by atoms with E-state index >= 15 is 0 Å². The van der Waals surface area contributed by atoms with Crippen LogP contribution in [0.5, 0.6) is 0 Å². The third-order valence-corrected chi connectivity index (χ3v) is 8.56. The van der Waals surface area contributed by atoms with Crippen molar-refractivity contribution < 1.29 is 9.90 Å². The molecule has 0 saturated heterocycles. The molecule has 1 heterocycles. The van der Waals surface area contributed by atoms with Gasteiger partial charge in [-0.3, -0.25) is 0 Å². The molecule has 0 saturated carbocycles. The van der Waals surface area contributed by atoms with E-state index in [2.05, 4.69) is 72.8 Å². The minimum Gasteiger partial charge on any atom is -0.456 e. The Balaban J connectivity index is 1.38. The second-order valence-electron chi connectivity index (χ2n) is 11.0. The van der Waals surface area contributed by atoms with Crippen LogP contribution in [0.2, 0.25) is 0 Å². The summed E-state index contributed by atoms with van der Waals surface area (Å²) in [6.45, 7) is 0. The van der Waals surface area contributed by atoms with Gasteiger partial charge in [-0.25, -0.2) is 0 Å². The Bertz CT molecular complexity index is 2670. The average Bonchev–Trinajstić information content (AvgIpc) is 3.47. The highest BCUT2D eigenvalue weighted by Crippen LogP contribution is 2.46. The van der Waals surface area contributed by atoms with Crippen LogP contribution in [0.15, 0.2) is 162 Å². The predicted molar refractivity (Wildman–Crippen MR) is 183 cm³/mol. The van der Waals surface area contributed by atoms with Crippen LogP contribution in [0.4, 0.5) is 0 Å². The summed E-state index contributed by atoms with van der Waals surface area (Å²) in [7, 11) is 0. The van der Waals surface area contributed by atoms with Gasteiger partial charge in [0.25, 0.3) is 0 Å². The smallest absolute Gasteiger partial charge is 0.136 e. The average molecular weight is 551 g/mol. The molecule has 0 fully saturated rings. The summed E-state index contributed by atoms with van der Waals surface area (Å²) >= 11 is 0. The number of benzene rings is 8. The van der Waals surface area contributed by atoms with E-state index in [0.29, 0.717) is 11.1 Å². The zero-order valence-electron chi connectivity index (χ0n) is 27.1. The Hall–Kier alpha value is -5.66. The van der Waals surface area contributed by atoms with Crippen molar-refractivity contribution in [1.29, 1.82) is 0 Å². The van der Waals surface area contributed by atoms with Crippen molar-refractivity contribution in [3.05, 3.63) is 158 Å². The molecule has 0 aliphatic heterocycles. The predicted octanol–water partition coefficient (Wildman–Crippen LogP) is 12.0. The van der Waals surface area contributed by atoms with Gasteiger partial charge in [0, 0.05) is 10.8 Å². The topological polar surface area (TPSA) is 13.1 Å². The lowest BCUT2D eigenvalue weighted by atomic mass is 9.84. The molecule has 0 unspecified atom stereocenters. The largest absolute Gasteiger partial charge is 0.456 e. The van der Waals surface area contributed by atoms with Crippen LogP contribution >= 0.6 is 0 Å². The second-order valence-corrected chi connectivity index (χ2v) is 11.0. The lowest BCUT2D eigenvalue weighted by Crippen LogP contribution is -1.92. The first-order valence-electron chi connectivity index (χ1n) is 16.4. The van der Waals surface area contributed by atoms with Crippen molar-refractivity contribution in [1.82, 2.24) is 0 Å². The summed E-state index contributed by atoms with van der Waals surface area (Å²) < 4.78 is 42.0. The van der Waals surface area contributed by atoms with Crippen LogP contribution in [0.3, 0.4) is 0 Å². The summed E-state index contributed by atoms with van der Waals surface area (Å²) in [6, 6.07) is 44.3. The van der Waals surface area contributed by atoms with Gasteiger partial charge in [-0.2, -0.15) is 0 Å². The molecule has 1 nitrogen and oxygen atoms in total. The zero-order chi connectivity index (χ0) is 31.8. The number of hydrogen-bond donors (Lipinski definition) is 0. The van der Waals surface area contributed by atoms with Crippen LogP contribution in [0.1, 0.15) is 5.48 Å². The Morgan fingerprint density at radius 1 is 0.395 bits per heavy atom. The molecule has 200 valence electrons. The van der Waals surface area contributed by atoms with Gasteiger partial charge < -0.3 is 4.42 Å². The first-order valence-corrected chi connectivity index (χ1v) is 14.4. The Morgan fingerprint density at radius 3 is 1.65 bits per heavy atom. The van der Waals surface area contributed by atoms with Gasteiger partial charge in [0.1, 0.15) is 11.2 Å². The molecule has 43 heavy (non-hydrogen) atoms. The number of furan rings is 1. The molecule has 1 heteroatoms. The maximum atomic E-state index is 9.22. The normalized spacial score (nSPS) is 13.0. The summed E-state index contributed by atoms with van der Waals surface area (Å²) in [4.78, 5) is 0. The van der Waals surface area contributed by atoms with Crippen molar-refractivity contribution in [3.63, 3.8) is 0 Å². The number of rotatable bonds is 3. The van der Waals surface area contributed by atoms with Crippen LogP contribution in [-0.4, -0.2) is 0 Å². The minimum absolute atomic E-state index is 0.0487. The Kier molecular flexibility index (Phi) is 4.45. The van der Waals surface area contributed by atoms with Crippen molar-refractivity contribution in [2.75, 3.05) is 0 Å². The van der Waals surface area contributed by atoms with Gasteiger partial charge in [-0.1, -0.05) is 133 Å². The monoisotopic (exact) mass is 550 g/mol. The summed E-state index contributed by atoms with van der Waals surface area (Å²) in [5.74, 6) is 0. The van der Waals surface area contributed by atoms with Gasteiger partial charge in [0.05, 0.1) is 5.48 Å². The summed E-state index contributed by atoms with van der Waals surface area (Å²) in [5.41, 5.74) is 6.27. The van der Waals surface area contributed by atoms with E-state index in [4.69, 9.17) is 8.53 Å². The molecular formula is C42H26O. The summed E-state index contributed by atoms with van der Waals surface area (Å²) in [5, 5.41) is 8.28. The quantitative estimate of drug-likeness (QED) is 0.199. The zero-order valence-corrected chi connectivity index (χ0v) is 23.1. The first-order chi connectivity index (χ1) is 23.0. The maximum absolute atomic E-state index is 9.22. The van der Waals surface area contributed by atoms with E-state index in [1.807, 2.05) is 60.7 Å². The third-order valence-electron chi connectivity index (χ3n) is 8.56.